The van der Waals surface area contributed by atoms with Gasteiger partial charge in [0, 0.05) is 16.4 Å². The summed E-state index contributed by atoms with van der Waals surface area (Å²) in [6.07, 6.45) is 5.32. The first-order valence-corrected chi connectivity index (χ1v) is 8.68. The number of anilines is 1. The van der Waals surface area contributed by atoms with Gasteiger partial charge in [-0.3, -0.25) is 5.32 Å². The van der Waals surface area contributed by atoms with E-state index in [1.807, 2.05) is 24.3 Å². The van der Waals surface area contributed by atoms with Crippen LogP contribution >= 0.6 is 22.9 Å². The summed E-state index contributed by atoms with van der Waals surface area (Å²) < 4.78 is 0. The molecule has 22 heavy (non-hydrogen) atoms. The van der Waals surface area contributed by atoms with E-state index in [0.717, 1.165) is 35.5 Å². The van der Waals surface area contributed by atoms with Crippen LogP contribution in [0.15, 0.2) is 24.3 Å². The summed E-state index contributed by atoms with van der Waals surface area (Å²) in [5.41, 5.74) is 2.31. The van der Waals surface area contributed by atoms with Crippen LogP contribution in [0.1, 0.15) is 29.0 Å². The summed E-state index contributed by atoms with van der Waals surface area (Å²) in [6, 6.07) is 7.46. The Bertz CT molecular complexity index is 630. The highest BCUT2D eigenvalue weighted by molar-refractivity contribution is 7.15. The number of aryl methyl sites for hydroxylation is 2. The molecule has 0 bridgehead atoms. The van der Waals surface area contributed by atoms with Crippen molar-refractivity contribution in [3.05, 3.63) is 45.4 Å². The van der Waals surface area contributed by atoms with Gasteiger partial charge in [0.1, 0.15) is 0 Å². The van der Waals surface area contributed by atoms with Crippen LogP contribution in [0.2, 0.25) is 5.02 Å². The van der Waals surface area contributed by atoms with E-state index in [4.69, 9.17) is 11.6 Å². The number of nitrogens with one attached hydrogen (secondary N) is 2. The summed E-state index contributed by atoms with van der Waals surface area (Å²) in [6.45, 7) is 0.582. The van der Waals surface area contributed by atoms with Crippen molar-refractivity contribution in [2.75, 3.05) is 11.9 Å². The van der Waals surface area contributed by atoms with Crippen molar-refractivity contribution in [2.45, 2.75) is 32.1 Å². The number of amides is 2. The van der Waals surface area contributed by atoms with E-state index in [1.165, 1.54) is 17.7 Å². The topological polar surface area (TPSA) is 54.0 Å². The molecule has 1 aliphatic rings. The molecule has 1 aromatic heterocycles. The Labute approximate surface area is 138 Å². The average Bonchev–Trinajstić information content (AvgIpc) is 2.91. The number of benzene rings is 1. The molecule has 0 radical (unpaired) electrons. The minimum absolute atomic E-state index is 0.194. The summed E-state index contributed by atoms with van der Waals surface area (Å²) in [5.74, 6) is 0. The SMILES string of the molecule is O=C(NCCc1ccc(Cl)cc1)Nc1nc2c(s1)CCCC2. The molecule has 1 aromatic carbocycles. The van der Waals surface area contributed by atoms with Crippen LogP contribution in [0.4, 0.5) is 9.93 Å². The normalized spacial score (nSPS) is 13.5. The second-order valence-corrected chi connectivity index (χ2v) is 6.87. The Morgan fingerprint density at radius 1 is 1.23 bits per heavy atom. The van der Waals surface area contributed by atoms with Crippen molar-refractivity contribution in [3.63, 3.8) is 0 Å². The molecule has 3 rings (SSSR count). The van der Waals surface area contributed by atoms with Gasteiger partial charge in [-0.1, -0.05) is 23.7 Å². The zero-order valence-electron chi connectivity index (χ0n) is 12.2. The number of thiazole rings is 1. The van der Waals surface area contributed by atoms with Crippen LogP contribution in [0.25, 0.3) is 0 Å². The first kappa shape index (κ1) is 15.3. The molecular weight excluding hydrogens is 318 g/mol. The Hall–Kier alpha value is -1.59. The number of aromatic nitrogens is 1. The molecule has 0 saturated carbocycles. The lowest BCUT2D eigenvalue weighted by molar-refractivity contribution is 0.252. The predicted octanol–water partition coefficient (Wildman–Crippen LogP) is 4.04. The van der Waals surface area contributed by atoms with Crippen molar-refractivity contribution in [2.24, 2.45) is 0 Å². The molecule has 2 N–H and O–H groups in total. The molecule has 2 amide bonds. The minimum Gasteiger partial charge on any atom is -0.337 e. The molecule has 0 unspecified atom stereocenters. The zero-order chi connectivity index (χ0) is 15.4. The van der Waals surface area contributed by atoms with Crippen molar-refractivity contribution >= 4 is 34.1 Å². The predicted molar refractivity (Wildman–Crippen MR) is 90.9 cm³/mol. The summed E-state index contributed by atoms with van der Waals surface area (Å²) >= 11 is 7.44. The molecule has 0 saturated heterocycles. The van der Waals surface area contributed by atoms with Crippen molar-refractivity contribution < 1.29 is 4.79 Å². The van der Waals surface area contributed by atoms with Gasteiger partial charge in [-0.2, -0.15) is 0 Å². The average molecular weight is 336 g/mol. The monoisotopic (exact) mass is 335 g/mol. The lowest BCUT2D eigenvalue weighted by Crippen LogP contribution is -2.30. The van der Waals surface area contributed by atoms with E-state index >= 15 is 0 Å². The van der Waals surface area contributed by atoms with E-state index in [2.05, 4.69) is 15.6 Å². The highest BCUT2D eigenvalue weighted by atomic mass is 35.5. The standard InChI is InChI=1S/C16H18ClN3OS/c17-12-7-5-11(6-8-12)9-10-18-15(21)20-16-19-13-3-1-2-4-14(13)22-16/h5-8H,1-4,9-10H2,(H2,18,19,20,21). The molecule has 6 heteroatoms. The van der Waals surface area contributed by atoms with Crippen LogP contribution in [-0.2, 0) is 19.3 Å². The van der Waals surface area contributed by atoms with Crippen LogP contribution in [0, 0.1) is 0 Å². The number of fused-ring (bicyclic) bond motifs is 1. The highest BCUT2D eigenvalue weighted by Crippen LogP contribution is 2.29. The van der Waals surface area contributed by atoms with E-state index < -0.39 is 0 Å². The molecule has 2 aromatic rings. The van der Waals surface area contributed by atoms with Gasteiger partial charge in [0.2, 0.25) is 0 Å². The fourth-order valence-corrected chi connectivity index (χ4v) is 3.69. The van der Waals surface area contributed by atoms with E-state index in [0.29, 0.717) is 11.7 Å². The van der Waals surface area contributed by atoms with E-state index in [9.17, 15) is 4.79 Å². The smallest absolute Gasteiger partial charge is 0.321 e. The first-order chi connectivity index (χ1) is 10.7. The van der Waals surface area contributed by atoms with Crippen molar-refractivity contribution in [1.82, 2.24) is 10.3 Å². The van der Waals surface area contributed by atoms with Gasteiger partial charge >= 0.3 is 6.03 Å². The summed E-state index contributed by atoms with van der Waals surface area (Å²) in [5, 5.41) is 7.12. The van der Waals surface area contributed by atoms with Gasteiger partial charge in [0.25, 0.3) is 0 Å². The maximum atomic E-state index is 11.9. The number of rotatable bonds is 4. The molecule has 1 aliphatic carbocycles. The number of carbonyl (C=O) groups is 1. The number of carbonyl (C=O) groups excluding carboxylic acids is 1. The Morgan fingerprint density at radius 3 is 2.77 bits per heavy atom. The second kappa shape index (κ2) is 7.11. The Morgan fingerprint density at radius 2 is 2.00 bits per heavy atom. The maximum absolute atomic E-state index is 11.9. The first-order valence-electron chi connectivity index (χ1n) is 7.48. The van der Waals surface area contributed by atoms with Gasteiger partial charge < -0.3 is 5.32 Å². The van der Waals surface area contributed by atoms with Crippen molar-refractivity contribution in [1.29, 1.82) is 0 Å². The fraction of sp³-hybridized carbons (Fsp3) is 0.375. The minimum atomic E-state index is -0.194. The summed E-state index contributed by atoms with van der Waals surface area (Å²) in [7, 11) is 0. The third-order valence-electron chi connectivity index (χ3n) is 3.68. The number of hydrogen-bond acceptors (Lipinski definition) is 3. The maximum Gasteiger partial charge on any atom is 0.321 e. The summed E-state index contributed by atoms with van der Waals surface area (Å²) in [4.78, 5) is 17.7. The molecule has 0 spiro atoms. The molecular formula is C16H18ClN3OS. The number of hydrogen-bond donors (Lipinski definition) is 2. The van der Waals surface area contributed by atoms with Gasteiger partial charge in [0.05, 0.1) is 5.69 Å². The Balaban J connectivity index is 1.46. The molecule has 4 nitrogen and oxygen atoms in total. The van der Waals surface area contributed by atoms with Gasteiger partial charge in [0.15, 0.2) is 5.13 Å². The Kier molecular flexibility index (Phi) is 4.95. The van der Waals surface area contributed by atoms with Crippen LogP contribution in [0.5, 0.6) is 0 Å². The number of urea groups is 1. The fourth-order valence-electron chi connectivity index (χ4n) is 2.52. The lowest BCUT2D eigenvalue weighted by atomic mass is 10.0. The molecule has 116 valence electrons. The highest BCUT2D eigenvalue weighted by Gasteiger charge is 2.16. The van der Waals surface area contributed by atoms with Crippen LogP contribution in [0.3, 0.4) is 0 Å². The van der Waals surface area contributed by atoms with Gasteiger partial charge in [-0.15, -0.1) is 11.3 Å². The lowest BCUT2D eigenvalue weighted by Gasteiger charge is -2.06. The number of halogens is 1. The zero-order valence-corrected chi connectivity index (χ0v) is 13.8. The van der Waals surface area contributed by atoms with Gasteiger partial charge in [-0.05, 0) is 49.8 Å². The van der Waals surface area contributed by atoms with E-state index in [1.54, 1.807) is 11.3 Å². The third kappa shape index (κ3) is 3.99. The molecule has 0 atom stereocenters. The molecule has 0 fully saturated rings. The van der Waals surface area contributed by atoms with E-state index in [-0.39, 0.29) is 6.03 Å². The number of nitrogens with zero attached hydrogens (tertiary/aromatic N) is 1. The third-order valence-corrected chi connectivity index (χ3v) is 5.00. The van der Waals surface area contributed by atoms with Crippen molar-refractivity contribution in [3.8, 4) is 0 Å². The van der Waals surface area contributed by atoms with Gasteiger partial charge in [-0.25, -0.2) is 9.78 Å². The largest absolute Gasteiger partial charge is 0.337 e. The van der Waals surface area contributed by atoms with Crippen LogP contribution < -0.4 is 10.6 Å². The molecule has 0 aliphatic heterocycles. The quantitative estimate of drug-likeness (QED) is 0.886. The molecule has 1 heterocycles. The second-order valence-electron chi connectivity index (χ2n) is 5.35. The van der Waals surface area contributed by atoms with Crippen LogP contribution in [-0.4, -0.2) is 17.6 Å².